The number of aryl methyl sites for hydroxylation is 2. The maximum Gasteiger partial charge on any atom is 0.247 e. The number of halogens is 1. The van der Waals surface area contributed by atoms with E-state index in [0.29, 0.717) is 10.7 Å². The largest absolute Gasteiger partial charge is 0.495 e. The van der Waals surface area contributed by atoms with Crippen molar-refractivity contribution in [2.24, 2.45) is 0 Å². The molecule has 0 bridgehead atoms. The summed E-state index contributed by atoms with van der Waals surface area (Å²) in [6.07, 6.45) is 4.42. The molecule has 2 aromatic rings. The van der Waals surface area contributed by atoms with Gasteiger partial charge in [0.15, 0.2) is 0 Å². The Morgan fingerprint density at radius 3 is 2.48 bits per heavy atom. The summed E-state index contributed by atoms with van der Waals surface area (Å²) in [5, 5.41) is 3.32. The molecule has 0 radical (unpaired) electrons. The van der Waals surface area contributed by atoms with Gasteiger partial charge in [-0.25, -0.2) is 8.42 Å². The van der Waals surface area contributed by atoms with E-state index in [1.807, 2.05) is 19.9 Å². The highest BCUT2D eigenvalue weighted by Gasteiger charge is 2.35. The number of hydrogen-bond donors (Lipinski definition) is 1. The van der Waals surface area contributed by atoms with E-state index in [1.165, 1.54) is 11.4 Å². The summed E-state index contributed by atoms with van der Waals surface area (Å²) in [5.74, 6) is -0.127. The van der Waals surface area contributed by atoms with E-state index in [-0.39, 0.29) is 23.2 Å². The molecule has 1 N–H and O–H groups in total. The Bertz CT molecular complexity index is 1050. The van der Waals surface area contributed by atoms with Crippen molar-refractivity contribution in [1.29, 1.82) is 0 Å². The number of ether oxygens (including phenoxy) is 1. The molecule has 31 heavy (non-hydrogen) atoms. The quantitative estimate of drug-likeness (QED) is 0.630. The van der Waals surface area contributed by atoms with Gasteiger partial charge in [0.1, 0.15) is 10.6 Å². The zero-order valence-electron chi connectivity index (χ0n) is 18.2. The first-order valence-electron chi connectivity index (χ1n) is 10.4. The smallest absolute Gasteiger partial charge is 0.247 e. The van der Waals surface area contributed by atoms with Crippen LogP contribution in [-0.4, -0.2) is 38.3 Å². The Kier molecular flexibility index (Phi) is 7.62. The fourth-order valence-electron chi connectivity index (χ4n) is 3.90. The van der Waals surface area contributed by atoms with Gasteiger partial charge in [-0.3, -0.25) is 4.79 Å². The summed E-state index contributed by atoms with van der Waals surface area (Å²) in [5.41, 5.74) is 2.24. The minimum atomic E-state index is -3.95. The third kappa shape index (κ3) is 5.59. The molecule has 0 atom stereocenters. The van der Waals surface area contributed by atoms with Crippen molar-refractivity contribution >= 4 is 33.2 Å². The summed E-state index contributed by atoms with van der Waals surface area (Å²) >= 11 is 6.15. The Morgan fingerprint density at radius 2 is 1.84 bits per heavy atom. The topological polar surface area (TPSA) is 75.7 Å². The summed E-state index contributed by atoms with van der Waals surface area (Å²) in [4.78, 5) is 13.0. The molecular formula is C23H29ClN2O4S. The highest BCUT2D eigenvalue weighted by molar-refractivity contribution is 7.89. The lowest BCUT2D eigenvalue weighted by molar-refractivity contribution is -0.116. The normalized spacial score (nSPS) is 15.1. The van der Waals surface area contributed by atoms with Crippen LogP contribution in [-0.2, 0) is 14.8 Å². The molecule has 1 fully saturated rings. The highest BCUT2D eigenvalue weighted by Crippen LogP contribution is 2.32. The van der Waals surface area contributed by atoms with E-state index >= 15 is 0 Å². The van der Waals surface area contributed by atoms with Gasteiger partial charge in [0.05, 0.1) is 13.7 Å². The van der Waals surface area contributed by atoms with Crippen LogP contribution >= 0.6 is 11.6 Å². The van der Waals surface area contributed by atoms with Crippen LogP contribution in [0.15, 0.2) is 41.3 Å². The molecule has 0 spiro atoms. The summed E-state index contributed by atoms with van der Waals surface area (Å²) < 4.78 is 34.1. The van der Waals surface area contributed by atoms with Crippen molar-refractivity contribution in [1.82, 2.24) is 4.31 Å². The lowest BCUT2D eigenvalue weighted by Crippen LogP contribution is -2.45. The standard InChI is InChI=1S/C23H29ClN2O4S/c1-16-9-12-21(30-3)22(13-16)31(28,29)26(19-7-5-4-6-8-19)15-23(27)25-18-11-10-17(2)20(24)14-18/h9-14,19H,4-8,15H2,1-3H3,(H,25,27). The lowest BCUT2D eigenvalue weighted by Gasteiger charge is -2.33. The van der Waals surface area contributed by atoms with Crippen molar-refractivity contribution in [3.05, 3.63) is 52.5 Å². The van der Waals surface area contributed by atoms with Crippen LogP contribution in [0.2, 0.25) is 5.02 Å². The van der Waals surface area contributed by atoms with Gasteiger partial charge >= 0.3 is 0 Å². The number of carbonyl (C=O) groups is 1. The minimum absolute atomic E-state index is 0.0896. The predicted molar refractivity (Wildman–Crippen MR) is 123 cm³/mol. The van der Waals surface area contributed by atoms with Crippen molar-refractivity contribution in [3.8, 4) is 5.75 Å². The molecule has 1 aliphatic rings. The maximum absolute atomic E-state index is 13.7. The fourth-order valence-corrected chi connectivity index (χ4v) is 5.97. The molecule has 3 rings (SSSR count). The second-order valence-corrected chi connectivity index (χ2v) is 10.3. The van der Waals surface area contributed by atoms with E-state index in [9.17, 15) is 13.2 Å². The first kappa shape index (κ1) is 23.6. The molecule has 1 amide bonds. The second kappa shape index (κ2) is 10.0. The number of benzene rings is 2. The van der Waals surface area contributed by atoms with Crippen molar-refractivity contribution in [2.45, 2.75) is 56.9 Å². The summed E-state index contributed by atoms with van der Waals surface area (Å²) in [6, 6.07) is 10.1. The lowest BCUT2D eigenvalue weighted by atomic mass is 9.95. The first-order chi connectivity index (χ1) is 14.7. The van der Waals surface area contributed by atoms with Crippen molar-refractivity contribution in [2.75, 3.05) is 19.0 Å². The van der Waals surface area contributed by atoms with Gasteiger partial charge in [-0.15, -0.1) is 0 Å². The highest BCUT2D eigenvalue weighted by atomic mass is 35.5. The maximum atomic E-state index is 13.7. The average Bonchev–Trinajstić information content (AvgIpc) is 2.75. The summed E-state index contributed by atoms with van der Waals surface area (Å²) in [7, 11) is -2.50. The number of rotatable bonds is 7. The molecule has 0 aromatic heterocycles. The number of anilines is 1. The molecule has 0 saturated heterocycles. The number of methoxy groups -OCH3 is 1. The number of carbonyl (C=O) groups excluding carboxylic acids is 1. The second-order valence-electron chi connectivity index (χ2n) is 8.01. The Labute approximate surface area is 189 Å². The first-order valence-corrected chi connectivity index (χ1v) is 12.3. The van der Waals surface area contributed by atoms with Gasteiger partial charge < -0.3 is 10.1 Å². The Morgan fingerprint density at radius 1 is 1.13 bits per heavy atom. The van der Waals surface area contributed by atoms with Crippen LogP contribution in [0.3, 0.4) is 0 Å². The van der Waals surface area contributed by atoms with E-state index in [1.54, 1.807) is 30.3 Å². The van der Waals surface area contributed by atoms with Gasteiger partial charge in [0.2, 0.25) is 15.9 Å². The van der Waals surface area contributed by atoms with Crippen LogP contribution < -0.4 is 10.1 Å². The van der Waals surface area contributed by atoms with E-state index in [0.717, 1.165) is 43.2 Å². The van der Waals surface area contributed by atoms with Crippen LogP contribution in [0, 0.1) is 13.8 Å². The molecule has 168 valence electrons. The zero-order valence-corrected chi connectivity index (χ0v) is 19.7. The SMILES string of the molecule is COc1ccc(C)cc1S(=O)(=O)N(CC(=O)Nc1ccc(C)c(Cl)c1)C1CCCCC1. The van der Waals surface area contributed by atoms with Crippen molar-refractivity contribution < 1.29 is 17.9 Å². The fraction of sp³-hybridized carbons (Fsp3) is 0.435. The van der Waals surface area contributed by atoms with E-state index in [2.05, 4.69) is 5.32 Å². The molecule has 6 nitrogen and oxygen atoms in total. The number of nitrogens with one attached hydrogen (secondary N) is 1. The van der Waals surface area contributed by atoms with E-state index < -0.39 is 15.9 Å². The molecule has 0 heterocycles. The van der Waals surface area contributed by atoms with Gasteiger partial charge in [-0.1, -0.05) is 43.0 Å². The molecule has 0 aliphatic heterocycles. The van der Waals surface area contributed by atoms with Crippen molar-refractivity contribution in [3.63, 3.8) is 0 Å². The van der Waals surface area contributed by atoms with E-state index in [4.69, 9.17) is 16.3 Å². The minimum Gasteiger partial charge on any atom is -0.495 e. The monoisotopic (exact) mass is 464 g/mol. The molecule has 1 aliphatic carbocycles. The third-order valence-electron chi connectivity index (χ3n) is 5.64. The zero-order chi connectivity index (χ0) is 22.6. The number of hydrogen-bond acceptors (Lipinski definition) is 4. The Hall–Kier alpha value is -2.09. The Balaban J connectivity index is 1.91. The number of nitrogens with zero attached hydrogens (tertiary/aromatic N) is 1. The van der Waals surface area contributed by atoms with Crippen LogP contribution in [0.5, 0.6) is 5.75 Å². The average molecular weight is 465 g/mol. The summed E-state index contributed by atoms with van der Waals surface area (Å²) in [6.45, 7) is 3.44. The van der Waals surface area contributed by atoms with Gasteiger partial charge in [0, 0.05) is 16.8 Å². The number of amides is 1. The van der Waals surface area contributed by atoms with Crippen LogP contribution in [0.25, 0.3) is 0 Å². The van der Waals surface area contributed by atoms with Gasteiger partial charge in [-0.05, 0) is 62.1 Å². The third-order valence-corrected chi connectivity index (χ3v) is 7.97. The molecule has 1 saturated carbocycles. The van der Waals surface area contributed by atoms with Crippen LogP contribution in [0.4, 0.5) is 5.69 Å². The van der Waals surface area contributed by atoms with Gasteiger partial charge in [0.25, 0.3) is 0 Å². The molecule has 2 aromatic carbocycles. The molecular weight excluding hydrogens is 436 g/mol. The molecule has 0 unspecified atom stereocenters. The number of sulfonamides is 1. The van der Waals surface area contributed by atoms with Gasteiger partial charge in [-0.2, -0.15) is 4.31 Å². The molecule has 8 heteroatoms. The van der Waals surface area contributed by atoms with Crippen LogP contribution in [0.1, 0.15) is 43.2 Å². The predicted octanol–water partition coefficient (Wildman–Crippen LogP) is 4.93.